The molecule has 1 aliphatic carbocycles. The van der Waals surface area contributed by atoms with Gasteiger partial charge in [-0.3, -0.25) is 0 Å². The van der Waals surface area contributed by atoms with Gasteiger partial charge < -0.3 is 10.0 Å². The largest absolute Gasteiger partial charge is 0.465 e. The molecule has 1 fully saturated rings. The topological polar surface area (TPSA) is 64.3 Å². The molecule has 2 aliphatic rings. The third kappa shape index (κ3) is 1.47. The number of hydrogen-bond donors (Lipinski definition) is 1. The van der Waals surface area contributed by atoms with Gasteiger partial charge in [-0.05, 0) is 29.7 Å². The van der Waals surface area contributed by atoms with E-state index < -0.39 is 6.09 Å². The summed E-state index contributed by atoms with van der Waals surface area (Å²) in [5.74, 6) is 0.584. The van der Waals surface area contributed by atoms with E-state index in [1.807, 2.05) is 18.2 Å². The summed E-state index contributed by atoms with van der Waals surface area (Å²) in [6, 6.07) is 7.88. The summed E-state index contributed by atoms with van der Waals surface area (Å²) >= 11 is 0. The fourth-order valence-corrected chi connectivity index (χ4v) is 3.08. The molecular formula is C13H12N2O2. The zero-order valence-corrected chi connectivity index (χ0v) is 9.26. The second-order valence-corrected chi connectivity index (χ2v) is 4.77. The lowest BCUT2D eigenvalue weighted by atomic mass is 9.96. The summed E-state index contributed by atoms with van der Waals surface area (Å²) in [6.45, 7) is 1.15. The molecule has 4 heteroatoms. The van der Waals surface area contributed by atoms with Gasteiger partial charge in [-0.15, -0.1) is 0 Å². The molecule has 86 valence electrons. The van der Waals surface area contributed by atoms with E-state index in [0.717, 1.165) is 6.42 Å². The zero-order chi connectivity index (χ0) is 12.0. The Bertz CT molecular complexity index is 533. The molecular weight excluding hydrogens is 216 g/mol. The van der Waals surface area contributed by atoms with Crippen molar-refractivity contribution >= 4 is 6.09 Å². The Labute approximate surface area is 99.1 Å². The van der Waals surface area contributed by atoms with E-state index in [4.69, 9.17) is 10.4 Å². The van der Waals surface area contributed by atoms with E-state index in [1.54, 1.807) is 0 Å². The van der Waals surface area contributed by atoms with E-state index >= 15 is 0 Å². The van der Waals surface area contributed by atoms with Crippen molar-refractivity contribution in [3.8, 4) is 6.07 Å². The van der Waals surface area contributed by atoms with Crippen LogP contribution in [-0.2, 0) is 0 Å². The Morgan fingerprint density at radius 3 is 2.71 bits per heavy atom. The standard InChI is InChI=1S/C13H12N2O2/c14-5-8-1-2-11-9-4-10(12(11)3-8)7-15(6-9)13(16)17/h1-3,9-10H,4,6-7H2,(H,16,17). The molecule has 1 heterocycles. The van der Waals surface area contributed by atoms with Crippen LogP contribution in [0.25, 0.3) is 0 Å². The van der Waals surface area contributed by atoms with E-state index in [-0.39, 0.29) is 5.92 Å². The Morgan fingerprint density at radius 2 is 2.06 bits per heavy atom. The van der Waals surface area contributed by atoms with Gasteiger partial charge in [0.15, 0.2) is 0 Å². The van der Waals surface area contributed by atoms with Crippen molar-refractivity contribution in [1.29, 1.82) is 5.26 Å². The number of nitriles is 1. The first kappa shape index (κ1) is 10.2. The highest BCUT2D eigenvalue weighted by molar-refractivity contribution is 5.66. The molecule has 1 aromatic rings. The summed E-state index contributed by atoms with van der Waals surface area (Å²) < 4.78 is 0. The first-order valence-electron chi connectivity index (χ1n) is 5.71. The molecule has 0 aromatic heterocycles. The summed E-state index contributed by atoms with van der Waals surface area (Å²) in [7, 11) is 0. The van der Waals surface area contributed by atoms with Crippen LogP contribution in [0.4, 0.5) is 4.79 Å². The molecule has 4 nitrogen and oxygen atoms in total. The number of nitrogens with zero attached hydrogens (tertiary/aromatic N) is 2. The predicted octanol–water partition coefficient (Wildman–Crippen LogP) is 2.12. The van der Waals surface area contributed by atoms with Crippen LogP contribution in [-0.4, -0.2) is 29.2 Å². The minimum Gasteiger partial charge on any atom is -0.465 e. The van der Waals surface area contributed by atoms with Crippen LogP contribution in [0.3, 0.4) is 0 Å². The highest BCUT2D eigenvalue weighted by Crippen LogP contribution is 2.46. The normalized spacial score (nSPS) is 25.2. The van der Waals surface area contributed by atoms with E-state index in [9.17, 15) is 4.79 Å². The lowest BCUT2D eigenvalue weighted by Crippen LogP contribution is -2.38. The number of carboxylic acid groups (broad SMARTS) is 1. The molecule has 1 amide bonds. The highest BCUT2D eigenvalue weighted by atomic mass is 16.4. The van der Waals surface area contributed by atoms with Gasteiger partial charge in [0.05, 0.1) is 11.6 Å². The van der Waals surface area contributed by atoms with Crippen molar-refractivity contribution in [2.45, 2.75) is 18.3 Å². The van der Waals surface area contributed by atoms with Crippen LogP contribution < -0.4 is 0 Å². The first-order valence-corrected chi connectivity index (χ1v) is 5.71. The minimum absolute atomic E-state index is 0.271. The average Bonchev–Trinajstić information content (AvgIpc) is 2.60. The van der Waals surface area contributed by atoms with Crippen molar-refractivity contribution in [1.82, 2.24) is 4.90 Å². The Hall–Kier alpha value is -2.02. The third-order valence-electron chi connectivity index (χ3n) is 3.82. The fourth-order valence-electron chi connectivity index (χ4n) is 3.08. The van der Waals surface area contributed by atoms with Gasteiger partial charge in [0.2, 0.25) is 0 Å². The fraction of sp³-hybridized carbons (Fsp3) is 0.385. The van der Waals surface area contributed by atoms with E-state index in [2.05, 4.69) is 6.07 Å². The number of amides is 1. The second-order valence-electron chi connectivity index (χ2n) is 4.77. The van der Waals surface area contributed by atoms with Crippen LogP contribution in [0, 0.1) is 11.3 Å². The molecule has 0 radical (unpaired) electrons. The van der Waals surface area contributed by atoms with Gasteiger partial charge in [0.25, 0.3) is 0 Å². The van der Waals surface area contributed by atoms with Crippen LogP contribution in [0.5, 0.6) is 0 Å². The summed E-state index contributed by atoms with van der Waals surface area (Å²) in [5, 5.41) is 17.9. The summed E-state index contributed by atoms with van der Waals surface area (Å²) in [4.78, 5) is 12.5. The molecule has 1 aliphatic heterocycles. The van der Waals surface area contributed by atoms with Crippen molar-refractivity contribution in [3.63, 3.8) is 0 Å². The number of likely N-dealkylation sites (tertiary alicyclic amines) is 1. The van der Waals surface area contributed by atoms with Crippen LogP contribution >= 0.6 is 0 Å². The second kappa shape index (κ2) is 3.49. The average molecular weight is 228 g/mol. The Morgan fingerprint density at radius 1 is 1.35 bits per heavy atom. The lowest BCUT2D eigenvalue weighted by molar-refractivity contribution is 0.129. The maximum atomic E-state index is 11.0. The number of piperidine rings is 1. The minimum atomic E-state index is -0.840. The monoisotopic (exact) mass is 228 g/mol. The predicted molar refractivity (Wildman–Crippen MR) is 60.9 cm³/mol. The third-order valence-corrected chi connectivity index (χ3v) is 3.82. The van der Waals surface area contributed by atoms with E-state index in [0.29, 0.717) is 24.6 Å². The van der Waals surface area contributed by atoms with Crippen molar-refractivity contribution in [2.75, 3.05) is 13.1 Å². The van der Waals surface area contributed by atoms with Crippen molar-refractivity contribution in [2.24, 2.45) is 0 Å². The number of carbonyl (C=O) groups is 1. The molecule has 2 unspecified atom stereocenters. The molecule has 17 heavy (non-hydrogen) atoms. The number of fused-ring (bicyclic) bond motifs is 5. The SMILES string of the molecule is N#Cc1ccc2c(c1)C1CC2CN(C(=O)O)C1. The lowest BCUT2D eigenvalue weighted by Gasteiger charge is -2.29. The van der Waals surface area contributed by atoms with Gasteiger partial charge in [-0.1, -0.05) is 6.07 Å². The number of benzene rings is 1. The van der Waals surface area contributed by atoms with Gasteiger partial charge >= 0.3 is 6.09 Å². The maximum absolute atomic E-state index is 11.0. The molecule has 1 N–H and O–H groups in total. The number of hydrogen-bond acceptors (Lipinski definition) is 2. The quantitative estimate of drug-likeness (QED) is 0.739. The Kier molecular flexibility index (Phi) is 2.08. The molecule has 2 atom stereocenters. The highest BCUT2D eigenvalue weighted by Gasteiger charge is 2.39. The smallest absolute Gasteiger partial charge is 0.407 e. The van der Waals surface area contributed by atoms with Gasteiger partial charge in [-0.2, -0.15) is 5.26 Å². The van der Waals surface area contributed by atoms with E-state index in [1.165, 1.54) is 16.0 Å². The molecule has 3 rings (SSSR count). The summed E-state index contributed by atoms with van der Waals surface area (Å²) in [5.41, 5.74) is 3.08. The Balaban J connectivity index is 2.00. The zero-order valence-electron chi connectivity index (χ0n) is 9.26. The maximum Gasteiger partial charge on any atom is 0.407 e. The van der Waals surface area contributed by atoms with Gasteiger partial charge in [-0.25, -0.2) is 4.79 Å². The molecule has 2 bridgehead atoms. The van der Waals surface area contributed by atoms with Crippen LogP contribution in [0.15, 0.2) is 18.2 Å². The van der Waals surface area contributed by atoms with Crippen molar-refractivity contribution < 1.29 is 9.90 Å². The van der Waals surface area contributed by atoms with Gasteiger partial charge in [0.1, 0.15) is 0 Å². The molecule has 1 aromatic carbocycles. The first-order chi connectivity index (χ1) is 8.19. The van der Waals surface area contributed by atoms with Gasteiger partial charge in [0, 0.05) is 24.9 Å². The van der Waals surface area contributed by atoms with Crippen molar-refractivity contribution in [3.05, 3.63) is 34.9 Å². The number of rotatable bonds is 0. The molecule has 1 saturated heterocycles. The molecule has 0 saturated carbocycles. The molecule has 0 spiro atoms. The van der Waals surface area contributed by atoms with Crippen LogP contribution in [0.2, 0.25) is 0 Å². The van der Waals surface area contributed by atoms with Crippen LogP contribution in [0.1, 0.15) is 34.9 Å². The summed E-state index contributed by atoms with van der Waals surface area (Å²) in [6.07, 6.45) is 0.182.